The third-order valence-electron chi connectivity index (χ3n) is 3.74. The van der Waals surface area contributed by atoms with Crippen LogP contribution in [0.25, 0.3) is 10.9 Å². The summed E-state index contributed by atoms with van der Waals surface area (Å²) in [5.41, 5.74) is 3.88. The number of hydrogen-bond acceptors (Lipinski definition) is 1. The number of hydrogen-bond donors (Lipinski definition) is 1. The Morgan fingerprint density at radius 1 is 1.10 bits per heavy atom. The zero-order valence-electron chi connectivity index (χ0n) is 12.2. The molecule has 0 atom stereocenters. The Balaban J connectivity index is 2.11. The molecule has 1 aromatic heterocycles. The summed E-state index contributed by atoms with van der Waals surface area (Å²) < 4.78 is 2.29. The number of aromatic nitrogens is 1. The van der Waals surface area contributed by atoms with E-state index in [1.54, 1.807) is 0 Å². The molecule has 0 radical (unpaired) electrons. The standard InChI is InChI=1S/C17H21NO2/c1-13-10-12-18(11-5-3-4-9-16(19)20)17-14(2)7-6-8-15(13)17/h6-8,10,12H,3-5,9,11H2,1-2H3/p+1. The molecule has 0 spiro atoms. The van der Waals surface area contributed by atoms with Crippen LogP contribution in [0, 0.1) is 13.8 Å². The maximum absolute atomic E-state index is 10.5. The maximum atomic E-state index is 10.5. The largest absolute Gasteiger partial charge is 0.481 e. The van der Waals surface area contributed by atoms with E-state index >= 15 is 0 Å². The molecule has 3 heteroatoms. The van der Waals surface area contributed by atoms with E-state index in [0.717, 1.165) is 25.8 Å². The van der Waals surface area contributed by atoms with Crippen molar-refractivity contribution in [3.8, 4) is 0 Å². The molecule has 0 bridgehead atoms. The molecule has 2 rings (SSSR count). The second kappa shape index (κ2) is 6.51. The lowest BCUT2D eigenvalue weighted by atomic mass is 10.1. The van der Waals surface area contributed by atoms with Gasteiger partial charge >= 0.3 is 5.97 Å². The van der Waals surface area contributed by atoms with Crippen LogP contribution in [0.3, 0.4) is 0 Å². The lowest BCUT2D eigenvalue weighted by molar-refractivity contribution is -0.672. The average Bonchev–Trinajstić information content (AvgIpc) is 2.41. The van der Waals surface area contributed by atoms with Crippen LogP contribution in [0.5, 0.6) is 0 Å². The Morgan fingerprint density at radius 2 is 1.90 bits per heavy atom. The molecule has 0 fully saturated rings. The van der Waals surface area contributed by atoms with E-state index in [1.807, 2.05) is 0 Å². The number of carbonyl (C=O) groups is 1. The summed E-state index contributed by atoms with van der Waals surface area (Å²) in [4.78, 5) is 10.5. The Morgan fingerprint density at radius 3 is 2.65 bits per heavy atom. The first-order valence-electron chi connectivity index (χ1n) is 7.20. The van der Waals surface area contributed by atoms with Crippen LogP contribution in [0.4, 0.5) is 0 Å². The van der Waals surface area contributed by atoms with Crippen LogP contribution in [-0.2, 0) is 11.3 Å². The van der Waals surface area contributed by atoms with Gasteiger partial charge in [0, 0.05) is 29.9 Å². The van der Waals surface area contributed by atoms with Gasteiger partial charge in [-0.2, -0.15) is 4.57 Å². The molecule has 0 aliphatic rings. The van der Waals surface area contributed by atoms with E-state index in [0.29, 0.717) is 0 Å². The van der Waals surface area contributed by atoms with E-state index < -0.39 is 5.97 Å². The minimum atomic E-state index is -0.700. The van der Waals surface area contributed by atoms with Gasteiger partial charge in [0.25, 0.3) is 0 Å². The monoisotopic (exact) mass is 272 g/mol. The summed E-state index contributed by atoms with van der Waals surface area (Å²) in [5, 5.41) is 9.94. The number of benzene rings is 1. The third-order valence-corrected chi connectivity index (χ3v) is 3.74. The normalized spacial score (nSPS) is 10.9. The first-order chi connectivity index (χ1) is 9.59. The Bertz CT molecular complexity index is 620. The molecule has 0 saturated heterocycles. The van der Waals surface area contributed by atoms with Gasteiger partial charge in [-0.05, 0) is 38.3 Å². The summed E-state index contributed by atoms with van der Waals surface area (Å²) in [5.74, 6) is -0.700. The molecule has 0 unspecified atom stereocenters. The fourth-order valence-electron chi connectivity index (χ4n) is 2.65. The van der Waals surface area contributed by atoms with Gasteiger partial charge in [-0.15, -0.1) is 0 Å². The van der Waals surface area contributed by atoms with Gasteiger partial charge in [-0.3, -0.25) is 4.79 Å². The molecule has 106 valence electrons. The molecule has 1 N–H and O–H groups in total. The van der Waals surface area contributed by atoms with Crippen molar-refractivity contribution in [2.45, 2.75) is 46.1 Å². The van der Waals surface area contributed by atoms with Gasteiger partial charge in [-0.25, -0.2) is 0 Å². The second-order valence-electron chi connectivity index (χ2n) is 5.37. The van der Waals surface area contributed by atoms with E-state index in [9.17, 15) is 4.79 Å². The minimum Gasteiger partial charge on any atom is -0.481 e. The molecule has 0 aliphatic heterocycles. The highest BCUT2D eigenvalue weighted by Gasteiger charge is 2.12. The lowest BCUT2D eigenvalue weighted by Gasteiger charge is -2.06. The SMILES string of the molecule is Cc1cc[n+](CCCCCC(=O)O)c2c(C)cccc12. The predicted molar refractivity (Wildman–Crippen MR) is 79.7 cm³/mol. The van der Waals surface area contributed by atoms with Crippen molar-refractivity contribution in [2.75, 3.05) is 0 Å². The topological polar surface area (TPSA) is 41.2 Å². The molecule has 0 saturated carbocycles. The van der Waals surface area contributed by atoms with Crippen molar-refractivity contribution >= 4 is 16.9 Å². The maximum Gasteiger partial charge on any atom is 0.303 e. The zero-order chi connectivity index (χ0) is 14.5. The highest BCUT2D eigenvalue weighted by Crippen LogP contribution is 2.18. The van der Waals surface area contributed by atoms with Gasteiger partial charge in [0.1, 0.15) is 6.54 Å². The molecule has 1 heterocycles. The zero-order valence-corrected chi connectivity index (χ0v) is 12.2. The van der Waals surface area contributed by atoms with E-state index in [-0.39, 0.29) is 6.42 Å². The number of carboxylic acid groups (broad SMARTS) is 1. The molecule has 1 aromatic carbocycles. The Hall–Kier alpha value is -1.90. The molecule has 20 heavy (non-hydrogen) atoms. The fourth-order valence-corrected chi connectivity index (χ4v) is 2.65. The number of pyridine rings is 1. The van der Waals surface area contributed by atoms with E-state index in [2.05, 4.69) is 48.9 Å². The Labute approximate surface area is 119 Å². The smallest absolute Gasteiger partial charge is 0.303 e. The van der Waals surface area contributed by atoms with Crippen molar-refractivity contribution in [3.63, 3.8) is 0 Å². The van der Waals surface area contributed by atoms with Gasteiger partial charge in [0.05, 0.1) is 0 Å². The number of aliphatic carboxylic acids is 1. The highest BCUT2D eigenvalue weighted by atomic mass is 16.4. The van der Waals surface area contributed by atoms with E-state index in [4.69, 9.17) is 5.11 Å². The van der Waals surface area contributed by atoms with Crippen LogP contribution in [0.1, 0.15) is 36.8 Å². The third kappa shape index (κ3) is 3.35. The molecule has 0 aliphatic carbocycles. The number of unbranched alkanes of at least 4 members (excludes halogenated alkanes) is 2. The summed E-state index contributed by atoms with van der Waals surface area (Å²) >= 11 is 0. The first kappa shape index (κ1) is 14.5. The van der Waals surface area contributed by atoms with Crippen molar-refractivity contribution < 1.29 is 14.5 Å². The van der Waals surface area contributed by atoms with Gasteiger partial charge in [0.2, 0.25) is 5.52 Å². The number of nitrogens with zero attached hydrogens (tertiary/aromatic N) is 1. The molecule has 0 amide bonds. The highest BCUT2D eigenvalue weighted by molar-refractivity contribution is 5.81. The van der Waals surface area contributed by atoms with Crippen molar-refractivity contribution in [3.05, 3.63) is 41.6 Å². The number of rotatable bonds is 6. The molecule has 2 aromatic rings. The lowest BCUT2D eigenvalue weighted by Crippen LogP contribution is -2.35. The number of fused-ring (bicyclic) bond motifs is 1. The van der Waals surface area contributed by atoms with Crippen LogP contribution in [-0.4, -0.2) is 11.1 Å². The van der Waals surface area contributed by atoms with Crippen LogP contribution >= 0.6 is 0 Å². The molecular weight excluding hydrogens is 250 g/mol. The van der Waals surface area contributed by atoms with E-state index in [1.165, 1.54) is 22.0 Å². The number of aryl methyl sites for hydroxylation is 3. The van der Waals surface area contributed by atoms with Crippen LogP contribution < -0.4 is 4.57 Å². The first-order valence-corrected chi connectivity index (χ1v) is 7.20. The second-order valence-corrected chi connectivity index (χ2v) is 5.37. The van der Waals surface area contributed by atoms with Gasteiger partial charge < -0.3 is 5.11 Å². The fraction of sp³-hybridized carbons (Fsp3) is 0.412. The summed E-state index contributed by atoms with van der Waals surface area (Å²) in [6.07, 6.45) is 5.16. The minimum absolute atomic E-state index is 0.276. The molecule has 3 nitrogen and oxygen atoms in total. The predicted octanol–water partition coefficient (Wildman–Crippen LogP) is 3.39. The quantitative estimate of drug-likeness (QED) is 0.647. The summed E-state index contributed by atoms with van der Waals surface area (Å²) in [6, 6.07) is 8.56. The van der Waals surface area contributed by atoms with Crippen molar-refractivity contribution in [2.24, 2.45) is 0 Å². The van der Waals surface area contributed by atoms with Crippen molar-refractivity contribution in [1.82, 2.24) is 0 Å². The van der Waals surface area contributed by atoms with Crippen LogP contribution in [0.2, 0.25) is 0 Å². The summed E-state index contributed by atoms with van der Waals surface area (Å²) in [6.45, 7) is 5.23. The van der Waals surface area contributed by atoms with Crippen LogP contribution in [0.15, 0.2) is 30.5 Å². The number of para-hydroxylation sites is 1. The van der Waals surface area contributed by atoms with Gasteiger partial charge in [0.15, 0.2) is 6.20 Å². The number of carboxylic acids is 1. The average molecular weight is 272 g/mol. The molecular formula is C17H22NO2+. The van der Waals surface area contributed by atoms with Crippen molar-refractivity contribution in [1.29, 1.82) is 0 Å². The van der Waals surface area contributed by atoms with Gasteiger partial charge in [-0.1, -0.05) is 12.1 Å². The Kier molecular flexibility index (Phi) is 4.72. The summed E-state index contributed by atoms with van der Waals surface area (Å²) in [7, 11) is 0.